The number of thioether (sulfide) groups is 1. The van der Waals surface area contributed by atoms with Crippen molar-refractivity contribution in [3.63, 3.8) is 0 Å². The number of hydrogen-bond donors (Lipinski definition) is 1. The van der Waals surface area contributed by atoms with Crippen LogP contribution >= 0.6 is 27.7 Å². The van der Waals surface area contributed by atoms with Crippen LogP contribution < -0.4 is 14.8 Å². The molecule has 8 heteroatoms. The van der Waals surface area contributed by atoms with Gasteiger partial charge in [-0.25, -0.2) is 0 Å². The number of carbonyl (C=O) groups is 2. The highest BCUT2D eigenvalue weighted by Crippen LogP contribution is 2.34. The van der Waals surface area contributed by atoms with Crippen LogP contribution in [0.5, 0.6) is 11.5 Å². The number of rotatable bonds is 6. The van der Waals surface area contributed by atoms with Crippen LogP contribution in [0.1, 0.15) is 6.92 Å². The maximum absolute atomic E-state index is 12.2. The highest BCUT2D eigenvalue weighted by Gasteiger charge is 2.20. The Labute approximate surface area is 163 Å². The number of esters is 1. The summed E-state index contributed by atoms with van der Waals surface area (Å²) in [6.45, 7) is 1.70. The second-order valence-corrected chi connectivity index (χ2v) is 7.40. The van der Waals surface area contributed by atoms with E-state index in [4.69, 9.17) is 14.2 Å². The summed E-state index contributed by atoms with van der Waals surface area (Å²) in [4.78, 5) is 25.1. The molecular formula is C18H16BrNO5S. The number of fused-ring (bicyclic) bond motifs is 1. The lowest BCUT2D eigenvalue weighted by atomic mass is 10.2. The molecule has 0 aromatic heterocycles. The first kappa shape index (κ1) is 18.6. The average Bonchev–Trinajstić information content (AvgIpc) is 3.09. The SMILES string of the molecule is CC(OC(=O)CSc1ccc(Br)cc1)C(=O)Nc1ccc2c(c1)OCO2. The fraction of sp³-hybridized carbons (Fsp3) is 0.222. The van der Waals surface area contributed by atoms with Gasteiger partial charge in [-0.15, -0.1) is 11.8 Å². The summed E-state index contributed by atoms with van der Waals surface area (Å²) in [5, 5.41) is 2.69. The predicted octanol–water partition coefficient (Wildman–Crippen LogP) is 3.84. The van der Waals surface area contributed by atoms with Crippen LogP contribution in [0.2, 0.25) is 0 Å². The summed E-state index contributed by atoms with van der Waals surface area (Å²) in [5.74, 6) is 0.464. The molecule has 0 fully saturated rings. The zero-order valence-electron chi connectivity index (χ0n) is 13.9. The Morgan fingerprint density at radius 3 is 2.69 bits per heavy atom. The minimum absolute atomic E-state index is 0.128. The van der Waals surface area contributed by atoms with Crippen molar-refractivity contribution in [2.45, 2.75) is 17.9 Å². The Kier molecular flexibility index (Phi) is 6.05. The van der Waals surface area contributed by atoms with Gasteiger partial charge in [-0.05, 0) is 43.3 Å². The number of amides is 1. The van der Waals surface area contributed by atoms with E-state index in [2.05, 4.69) is 21.2 Å². The van der Waals surface area contributed by atoms with E-state index in [-0.39, 0.29) is 12.5 Å². The molecule has 0 saturated heterocycles. The molecule has 0 spiro atoms. The van der Waals surface area contributed by atoms with Gasteiger partial charge in [0, 0.05) is 21.1 Å². The largest absolute Gasteiger partial charge is 0.454 e. The van der Waals surface area contributed by atoms with Gasteiger partial charge < -0.3 is 19.5 Å². The Morgan fingerprint density at radius 1 is 1.19 bits per heavy atom. The Balaban J connectivity index is 1.47. The Bertz CT molecular complexity index is 812. The lowest BCUT2D eigenvalue weighted by Gasteiger charge is -2.13. The number of benzene rings is 2. The first-order chi connectivity index (χ1) is 12.5. The van der Waals surface area contributed by atoms with Crippen molar-refractivity contribution < 1.29 is 23.8 Å². The fourth-order valence-electron chi connectivity index (χ4n) is 2.18. The molecule has 136 valence electrons. The number of nitrogens with one attached hydrogen (secondary N) is 1. The van der Waals surface area contributed by atoms with E-state index in [1.54, 1.807) is 18.2 Å². The highest BCUT2D eigenvalue weighted by atomic mass is 79.9. The van der Waals surface area contributed by atoms with Crippen LogP contribution in [-0.4, -0.2) is 30.5 Å². The van der Waals surface area contributed by atoms with Crippen molar-refractivity contribution in [3.8, 4) is 11.5 Å². The third-order valence-electron chi connectivity index (χ3n) is 3.49. The molecule has 3 rings (SSSR count). The second-order valence-electron chi connectivity index (χ2n) is 5.43. The maximum Gasteiger partial charge on any atom is 0.317 e. The van der Waals surface area contributed by atoms with Crippen LogP contribution in [0.3, 0.4) is 0 Å². The lowest BCUT2D eigenvalue weighted by molar-refractivity contribution is -0.150. The van der Waals surface area contributed by atoms with Gasteiger partial charge in [0.05, 0.1) is 5.75 Å². The van der Waals surface area contributed by atoms with Crippen LogP contribution in [0, 0.1) is 0 Å². The van der Waals surface area contributed by atoms with E-state index in [1.165, 1.54) is 18.7 Å². The standard InChI is InChI=1S/C18H16BrNO5S/c1-11(25-17(21)9-26-14-5-2-12(19)3-6-14)18(22)20-13-4-7-15-16(8-13)24-10-23-15/h2-8,11H,9-10H2,1H3,(H,20,22). The first-order valence-electron chi connectivity index (χ1n) is 7.79. The average molecular weight is 438 g/mol. The molecule has 1 unspecified atom stereocenters. The van der Waals surface area contributed by atoms with Gasteiger partial charge in [0.2, 0.25) is 6.79 Å². The van der Waals surface area contributed by atoms with E-state index in [9.17, 15) is 9.59 Å². The molecule has 1 aliphatic rings. The minimum atomic E-state index is -0.904. The van der Waals surface area contributed by atoms with Crippen molar-refractivity contribution in [3.05, 3.63) is 46.9 Å². The summed E-state index contributed by atoms with van der Waals surface area (Å²) in [6, 6.07) is 12.7. The Hall–Kier alpha value is -2.19. The van der Waals surface area contributed by atoms with Gasteiger partial charge in [-0.3, -0.25) is 9.59 Å². The van der Waals surface area contributed by atoms with Crippen molar-refractivity contribution in [2.75, 3.05) is 17.9 Å². The van der Waals surface area contributed by atoms with Crippen molar-refractivity contribution >= 4 is 45.3 Å². The topological polar surface area (TPSA) is 73.9 Å². The van der Waals surface area contributed by atoms with Crippen molar-refractivity contribution in [2.24, 2.45) is 0 Å². The molecule has 1 heterocycles. The molecule has 1 aliphatic heterocycles. The van der Waals surface area contributed by atoms with E-state index in [1.807, 2.05) is 24.3 Å². The van der Waals surface area contributed by atoms with Gasteiger partial charge >= 0.3 is 5.97 Å². The number of halogens is 1. The van der Waals surface area contributed by atoms with E-state index in [0.717, 1.165) is 9.37 Å². The number of hydrogen-bond acceptors (Lipinski definition) is 6. The second kappa shape index (κ2) is 8.46. The van der Waals surface area contributed by atoms with Gasteiger partial charge in [-0.1, -0.05) is 15.9 Å². The quantitative estimate of drug-likeness (QED) is 0.546. The number of ether oxygens (including phenoxy) is 3. The van der Waals surface area contributed by atoms with E-state index >= 15 is 0 Å². The zero-order valence-corrected chi connectivity index (χ0v) is 16.3. The van der Waals surface area contributed by atoms with Crippen LogP contribution in [0.15, 0.2) is 51.8 Å². The zero-order chi connectivity index (χ0) is 18.5. The smallest absolute Gasteiger partial charge is 0.317 e. The fourth-order valence-corrected chi connectivity index (χ4v) is 3.12. The molecule has 1 atom stereocenters. The van der Waals surface area contributed by atoms with Crippen LogP contribution in [0.4, 0.5) is 5.69 Å². The molecule has 1 N–H and O–H groups in total. The summed E-state index contributed by atoms with van der Waals surface area (Å²) < 4.78 is 16.6. The summed E-state index contributed by atoms with van der Waals surface area (Å²) in [6.07, 6.45) is -0.904. The number of carbonyl (C=O) groups excluding carboxylic acids is 2. The van der Waals surface area contributed by atoms with Gasteiger partial charge in [0.25, 0.3) is 5.91 Å². The maximum atomic E-state index is 12.2. The Morgan fingerprint density at radius 2 is 1.92 bits per heavy atom. The summed E-state index contributed by atoms with van der Waals surface area (Å²) in [7, 11) is 0. The molecule has 2 aromatic carbocycles. The van der Waals surface area contributed by atoms with E-state index in [0.29, 0.717) is 17.2 Å². The first-order valence-corrected chi connectivity index (χ1v) is 9.57. The van der Waals surface area contributed by atoms with Crippen molar-refractivity contribution in [1.82, 2.24) is 0 Å². The van der Waals surface area contributed by atoms with Crippen LogP contribution in [-0.2, 0) is 14.3 Å². The lowest BCUT2D eigenvalue weighted by Crippen LogP contribution is -2.30. The molecular weight excluding hydrogens is 422 g/mol. The third-order valence-corrected chi connectivity index (χ3v) is 5.00. The molecule has 0 saturated carbocycles. The van der Waals surface area contributed by atoms with Gasteiger partial charge in [0.15, 0.2) is 17.6 Å². The molecule has 0 aliphatic carbocycles. The van der Waals surface area contributed by atoms with Gasteiger partial charge in [-0.2, -0.15) is 0 Å². The molecule has 0 bridgehead atoms. The summed E-state index contributed by atoms with van der Waals surface area (Å²) >= 11 is 4.71. The van der Waals surface area contributed by atoms with Crippen LogP contribution in [0.25, 0.3) is 0 Å². The molecule has 26 heavy (non-hydrogen) atoms. The molecule has 0 radical (unpaired) electrons. The van der Waals surface area contributed by atoms with Crippen molar-refractivity contribution in [1.29, 1.82) is 0 Å². The normalized spacial score (nSPS) is 13.2. The number of anilines is 1. The predicted molar refractivity (Wildman–Crippen MR) is 102 cm³/mol. The summed E-state index contributed by atoms with van der Waals surface area (Å²) in [5.41, 5.74) is 0.548. The molecule has 6 nitrogen and oxygen atoms in total. The van der Waals surface area contributed by atoms with Gasteiger partial charge in [0.1, 0.15) is 0 Å². The van der Waals surface area contributed by atoms with E-state index < -0.39 is 18.0 Å². The third kappa shape index (κ3) is 4.92. The molecule has 2 aromatic rings. The molecule has 1 amide bonds. The minimum Gasteiger partial charge on any atom is -0.454 e. The highest BCUT2D eigenvalue weighted by molar-refractivity contribution is 9.10. The monoisotopic (exact) mass is 437 g/mol.